The number of amides is 2. The Morgan fingerprint density at radius 2 is 1.96 bits per heavy atom. The molecule has 1 aromatic carbocycles. The number of piperidine rings is 1. The van der Waals surface area contributed by atoms with E-state index in [2.05, 4.69) is 5.32 Å². The van der Waals surface area contributed by atoms with Crippen molar-refractivity contribution < 1.29 is 19.4 Å². The lowest BCUT2D eigenvalue weighted by Gasteiger charge is -2.39. The van der Waals surface area contributed by atoms with Gasteiger partial charge in [-0.15, -0.1) is 0 Å². The molecule has 1 fully saturated rings. The van der Waals surface area contributed by atoms with Crippen LogP contribution in [0.5, 0.6) is 0 Å². The lowest BCUT2D eigenvalue weighted by Crippen LogP contribution is -2.53. The third kappa shape index (κ3) is 6.54. The summed E-state index contributed by atoms with van der Waals surface area (Å²) in [6, 6.07) is 9.45. The number of aliphatic hydroxyl groups is 1. The molecule has 6 nitrogen and oxygen atoms in total. The Morgan fingerprint density at radius 3 is 2.59 bits per heavy atom. The van der Waals surface area contributed by atoms with Crippen LogP contribution in [0.1, 0.15) is 46.1 Å². The van der Waals surface area contributed by atoms with Crippen molar-refractivity contribution >= 4 is 12.0 Å². The van der Waals surface area contributed by atoms with E-state index in [1.54, 1.807) is 4.90 Å². The zero-order chi connectivity index (χ0) is 20.0. The van der Waals surface area contributed by atoms with Crippen LogP contribution in [0.3, 0.4) is 0 Å². The first-order valence-electron chi connectivity index (χ1n) is 9.66. The average molecular weight is 376 g/mol. The normalized spacial score (nSPS) is 21.4. The topological polar surface area (TPSA) is 78.9 Å². The number of carbonyl (C=O) groups excluding carboxylic acids is 2. The van der Waals surface area contributed by atoms with E-state index in [0.29, 0.717) is 13.0 Å². The Labute approximate surface area is 161 Å². The summed E-state index contributed by atoms with van der Waals surface area (Å²) in [5.41, 5.74) is 0.467. The van der Waals surface area contributed by atoms with Gasteiger partial charge >= 0.3 is 6.09 Å². The predicted octanol–water partition coefficient (Wildman–Crippen LogP) is 2.74. The minimum Gasteiger partial charge on any atom is -0.444 e. The molecule has 0 aliphatic carbocycles. The molecule has 3 atom stereocenters. The molecule has 1 saturated heterocycles. The molecule has 1 aliphatic heterocycles. The van der Waals surface area contributed by atoms with Gasteiger partial charge in [-0.25, -0.2) is 4.79 Å². The van der Waals surface area contributed by atoms with Crippen molar-refractivity contribution in [2.45, 2.75) is 64.7 Å². The third-order valence-electron chi connectivity index (χ3n) is 4.78. The van der Waals surface area contributed by atoms with Crippen molar-refractivity contribution in [2.75, 3.05) is 13.1 Å². The number of hydrogen-bond donors (Lipinski definition) is 2. The molecule has 0 radical (unpaired) electrons. The lowest BCUT2D eigenvalue weighted by molar-refractivity contribution is -0.128. The van der Waals surface area contributed by atoms with Crippen LogP contribution < -0.4 is 5.32 Å². The standard InChI is InChI=1S/C21H32N2O4/c1-15-18(11-8-12-23(15)20(26)27-21(2,3)4)19(25)22-14-17(24)13-16-9-6-5-7-10-16/h5-7,9-10,15,17-18,24H,8,11-14H2,1-4H3,(H,22,25). The number of nitrogens with one attached hydrogen (secondary N) is 1. The van der Waals surface area contributed by atoms with Gasteiger partial charge in [0, 0.05) is 25.6 Å². The molecule has 2 amide bonds. The maximum Gasteiger partial charge on any atom is 0.410 e. The van der Waals surface area contributed by atoms with E-state index in [1.165, 1.54) is 0 Å². The molecule has 2 N–H and O–H groups in total. The van der Waals surface area contributed by atoms with Gasteiger partial charge in [0.15, 0.2) is 0 Å². The molecule has 150 valence electrons. The Hall–Kier alpha value is -2.08. The fourth-order valence-corrected chi connectivity index (χ4v) is 3.38. The molecule has 1 aromatic rings. The molecule has 27 heavy (non-hydrogen) atoms. The predicted molar refractivity (Wildman–Crippen MR) is 104 cm³/mol. The second-order valence-corrected chi connectivity index (χ2v) is 8.25. The van der Waals surface area contributed by atoms with Gasteiger partial charge in [0.2, 0.25) is 5.91 Å². The van der Waals surface area contributed by atoms with Crippen molar-refractivity contribution in [3.8, 4) is 0 Å². The summed E-state index contributed by atoms with van der Waals surface area (Å²) < 4.78 is 5.46. The Kier molecular flexibility index (Phi) is 7.25. The van der Waals surface area contributed by atoms with Gasteiger partial charge in [0.25, 0.3) is 0 Å². The van der Waals surface area contributed by atoms with Gasteiger partial charge in [-0.2, -0.15) is 0 Å². The van der Waals surface area contributed by atoms with E-state index in [0.717, 1.165) is 18.4 Å². The molecule has 6 heteroatoms. The maximum atomic E-state index is 12.6. The molecule has 1 heterocycles. The number of benzene rings is 1. The van der Waals surface area contributed by atoms with E-state index < -0.39 is 11.7 Å². The third-order valence-corrected chi connectivity index (χ3v) is 4.78. The monoisotopic (exact) mass is 376 g/mol. The first kappa shape index (κ1) is 21.2. The summed E-state index contributed by atoms with van der Waals surface area (Å²) >= 11 is 0. The zero-order valence-corrected chi connectivity index (χ0v) is 16.8. The molecule has 1 aliphatic rings. The SMILES string of the molecule is CC1C(C(=O)NCC(O)Cc2ccccc2)CCCN1C(=O)OC(C)(C)C. The van der Waals surface area contributed by atoms with Gasteiger partial charge in [0.1, 0.15) is 5.60 Å². The number of hydrogen-bond acceptors (Lipinski definition) is 4. The second kappa shape index (κ2) is 9.22. The van der Waals surface area contributed by atoms with E-state index in [9.17, 15) is 14.7 Å². The van der Waals surface area contributed by atoms with Crippen molar-refractivity contribution in [3.05, 3.63) is 35.9 Å². The van der Waals surface area contributed by atoms with Gasteiger partial charge in [0.05, 0.1) is 12.0 Å². The highest BCUT2D eigenvalue weighted by atomic mass is 16.6. The zero-order valence-electron chi connectivity index (χ0n) is 16.8. The summed E-state index contributed by atoms with van der Waals surface area (Å²) in [4.78, 5) is 26.6. The largest absolute Gasteiger partial charge is 0.444 e. The highest BCUT2D eigenvalue weighted by Gasteiger charge is 2.37. The Morgan fingerprint density at radius 1 is 1.30 bits per heavy atom. The maximum absolute atomic E-state index is 12.6. The number of carbonyl (C=O) groups is 2. The molecule has 2 rings (SSSR count). The summed E-state index contributed by atoms with van der Waals surface area (Å²) in [7, 11) is 0. The minimum atomic E-state index is -0.641. The molecular weight excluding hydrogens is 344 g/mol. The van der Waals surface area contributed by atoms with Crippen LogP contribution in [0.25, 0.3) is 0 Å². The lowest BCUT2D eigenvalue weighted by atomic mass is 9.89. The number of ether oxygens (including phenoxy) is 1. The first-order valence-corrected chi connectivity index (χ1v) is 9.66. The molecule has 0 spiro atoms. The molecule has 0 aromatic heterocycles. The Bertz CT molecular complexity index is 627. The van der Waals surface area contributed by atoms with Crippen LogP contribution in [0.4, 0.5) is 4.79 Å². The van der Waals surface area contributed by atoms with Gasteiger partial charge in [-0.1, -0.05) is 30.3 Å². The summed E-state index contributed by atoms with van der Waals surface area (Å²) in [6.45, 7) is 8.17. The van der Waals surface area contributed by atoms with Gasteiger partial charge < -0.3 is 20.1 Å². The molecular formula is C21H32N2O4. The number of aliphatic hydroxyl groups excluding tert-OH is 1. The summed E-state index contributed by atoms with van der Waals surface area (Å²) in [6.07, 6.45) is 0.953. The van der Waals surface area contributed by atoms with Crippen LogP contribution in [0, 0.1) is 5.92 Å². The molecule has 0 bridgehead atoms. The first-order chi connectivity index (χ1) is 12.7. The van der Waals surface area contributed by atoms with E-state index >= 15 is 0 Å². The second-order valence-electron chi connectivity index (χ2n) is 8.25. The summed E-state index contributed by atoms with van der Waals surface area (Å²) in [5.74, 6) is -0.418. The average Bonchev–Trinajstić information content (AvgIpc) is 2.59. The fraction of sp³-hybridized carbons (Fsp3) is 0.619. The van der Waals surface area contributed by atoms with Crippen LogP contribution in [-0.2, 0) is 16.0 Å². The number of likely N-dealkylation sites (tertiary alicyclic amines) is 1. The fourth-order valence-electron chi connectivity index (χ4n) is 3.38. The van der Waals surface area contributed by atoms with E-state index in [-0.39, 0.29) is 30.5 Å². The van der Waals surface area contributed by atoms with Crippen molar-refractivity contribution in [2.24, 2.45) is 5.92 Å². The molecule has 0 saturated carbocycles. The summed E-state index contributed by atoms with van der Waals surface area (Å²) in [5, 5.41) is 13.0. The minimum absolute atomic E-state index is 0.122. The van der Waals surface area contributed by atoms with E-state index in [4.69, 9.17) is 4.74 Å². The van der Waals surface area contributed by atoms with Crippen molar-refractivity contribution in [1.29, 1.82) is 0 Å². The van der Waals surface area contributed by atoms with Crippen molar-refractivity contribution in [3.63, 3.8) is 0 Å². The van der Waals surface area contributed by atoms with Crippen LogP contribution in [-0.4, -0.2) is 52.8 Å². The smallest absolute Gasteiger partial charge is 0.410 e. The number of rotatable bonds is 5. The van der Waals surface area contributed by atoms with E-state index in [1.807, 2.05) is 58.0 Å². The quantitative estimate of drug-likeness (QED) is 0.828. The molecule has 3 unspecified atom stereocenters. The van der Waals surface area contributed by atoms with Crippen molar-refractivity contribution in [1.82, 2.24) is 10.2 Å². The van der Waals surface area contributed by atoms with Crippen LogP contribution in [0.2, 0.25) is 0 Å². The van der Waals surface area contributed by atoms with Crippen LogP contribution in [0.15, 0.2) is 30.3 Å². The van der Waals surface area contributed by atoms with Gasteiger partial charge in [-0.05, 0) is 46.1 Å². The Balaban J connectivity index is 1.86. The highest BCUT2D eigenvalue weighted by molar-refractivity contribution is 5.80. The number of nitrogens with zero attached hydrogens (tertiary/aromatic N) is 1. The highest BCUT2D eigenvalue weighted by Crippen LogP contribution is 2.25. The van der Waals surface area contributed by atoms with Gasteiger partial charge in [-0.3, -0.25) is 4.79 Å². The van der Waals surface area contributed by atoms with Crippen LogP contribution >= 0.6 is 0 Å².